The summed E-state index contributed by atoms with van der Waals surface area (Å²) < 4.78 is 0. The van der Waals surface area contributed by atoms with Crippen molar-refractivity contribution in [3.8, 4) is 0 Å². The van der Waals surface area contributed by atoms with Gasteiger partial charge in [0.1, 0.15) is 0 Å². The minimum Gasteiger partial charge on any atom is -0.345 e. The fourth-order valence-electron chi connectivity index (χ4n) is 3.82. The predicted molar refractivity (Wildman–Crippen MR) is 105 cm³/mol. The van der Waals surface area contributed by atoms with E-state index in [1.807, 2.05) is 41.4 Å². The Morgan fingerprint density at radius 3 is 2.89 bits per heavy atom. The van der Waals surface area contributed by atoms with Crippen molar-refractivity contribution in [2.24, 2.45) is 0 Å². The first-order chi connectivity index (χ1) is 13.3. The first kappa shape index (κ1) is 17.5. The molecule has 4 rings (SSSR count). The van der Waals surface area contributed by atoms with Crippen molar-refractivity contribution in [1.82, 2.24) is 25.2 Å². The molecule has 6 nitrogen and oxygen atoms in total. The lowest BCUT2D eigenvalue weighted by Gasteiger charge is -2.34. The highest BCUT2D eigenvalue weighted by Gasteiger charge is 2.25. The molecule has 6 heteroatoms. The van der Waals surface area contributed by atoms with Crippen LogP contribution < -0.4 is 5.32 Å². The van der Waals surface area contributed by atoms with E-state index in [-0.39, 0.29) is 6.03 Å². The number of carbonyl (C=O) groups is 1. The summed E-state index contributed by atoms with van der Waals surface area (Å²) in [5.74, 6) is 0. The van der Waals surface area contributed by atoms with E-state index in [0.717, 1.165) is 35.0 Å². The number of carbonyl (C=O) groups excluding carboxylic acids is 1. The molecule has 27 heavy (non-hydrogen) atoms. The van der Waals surface area contributed by atoms with Crippen LogP contribution in [0.15, 0.2) is 49.1 Å². The van der Waals surface area contributed by atoms with Crippen molar-refractivity contribution < 1.29 is 4.79 Å². The number of H-pyrrole nitrogens is 1. The highest BCUT2D eigenvalue weighted by atomic mass is 16.2. The zero-order chi connectivity index (χ0) is 18.5. The Labute approximate surface area is 159 Å². The molecule has 0 bridgehead atoms. The zero-order valence-corrected chi connectivity index (χ0v) is 15.4. The van der Waals surface area contributed by atoms with Crippen molar-refractivity contribution in [2.45, 2.75) is 51.2 Å². The Kier molecular flexibility index (Phi) is 5.32. The van der Waals surface area contributed by atoms with Crippen LogP contribution in [0.3, 0.4) is 0 Å². The smallest absolute Gasteiger partial charge is 0.318 e. The van der Waals surface area contributed by atoms with Gasteiger partial charge in [-0.3, -0.25) is 4.98 Å². The van der Waals surface area contributed by atoms with Gasteiger partial charge in [0.05, 0.1) is 17.4 Å². The van der Waals surface area contributed by atoms with Gasteiger partial charge in [0.25, 0.3) is 0 Å². The van der Waals surface area contributed by atoms with Crippen LogP contribution in [-0.2, 0) is 13.1 Å². The fourth-order valence-corrected chi connectivity index (χ4v) is 3.82. The lowest BCUT2D eigenvalue weighted by atomic mass is 9.94. The average Bonchev–Trinajstić information content (AvgIpc) is 3.19. The lowest BCUT2D eigenvalue weighted by molar-refractivity contribution is 0.150. The summed E-state index contributed by atoms with van der Waals surface area (Å²) in [5.41, 5.74) is 4.05. The number of pyridine rings is 1. The molecule has 0 aliphatic heterocycles. The van der Waals surface area contributed by atoms with Crippen LogP contribution in [0.4, 0.5) is 4.79 Å². The second-order valence-electron chi connectivity index (χ2n) is 7.19. The first-order valence-electron chi connectivity index (χ1n) is 9.65. The highest BCUT2D eigenvalue weighted by Crippen LogP contribution is 2.24. The largest absolute Gasteiger partial charge is 0.345 e. The normalized spacial score (nSPS) is 15.0. The Morgan fingerprint density at radius 1 is 1.19 bits per heavy atom. The van der Waals surface area contributed by atoms with Crippen LogP contribution in [0.25, 0.3) is 11.0 Å². The molecule has 1 aliphatic carbocycles. The third-order valence-corrected chi connectivity index (χ3v) is 5.28. The van der Waals surface area contributed by atoms with E-state index in [0.29, 0.717) is 19.1 Å². The molecule has 1 aliphatic rings. The molecular weight excluding hydrogens is 338 g/mol. The summed E-state index contributed by atoms with van der Waals surface area (Å²) in [6, 6.07) is 10.3. The van der Waals surface area contributed by atoms with E-state index in [4.69, 9.17) is 0 Å². The Balaban J connectivity index is 1.45. The number of hydrogen-bond acceptors (Lipinski definition) is 3. The average molecular weight is 363 g/mol. The number of nitrogens with one attached hydrogen (secondary N) is 2. The number of urea groups is 1. The number of hydrogen-bond donors (Lipinski definition) is 2. The minimum atomic E-state index is -0.00420. The molecule has 0 unspecified atom stereocenters. The molecule has 1 aromatic carbocycles. The fraction of sp³-hybridized carbons (Fsp3) is 0.381. The molecule has 1 fully saturated rings. The molecule has 2 aromatic heterocycles. The van der Waals surface area contributed by atoms with Gasteiger partial charge in [-0.2, -0.15) is 0 Å². The molecule has 2 heterocycles. The van der Waals surface area contributed by atoms with E-state index in [9.17, 15) is 4.79 Å². The van der Waals surface area contributed by atoms with Crippen LogP contribution in [0.2, 0.25) is 0 Å². The van der Waals surface area contributed by atoms with Gasteiger partial charge in [-0.15, -0.1) is 0 Å². The summed E-state index contributed by atoms with van der Waals surface area (Å²) >= 11 is 0. The summed E-state index contributed by atoms with van der Waals surface area (Å²) in [6.07, 6.45) is 11.1. The minimum absolute atomic E-state index is 0.00420. The van der Waals surface area contributed by atoms with E-state index in [2.05, 4.69) is 20.3 Å². The van der Waals surface area contributed by atoms with Crippen LogP contribution in [0, 0.1) is 0 Å². The van der Waals surface area contributed by atoms with Gasteiger partial charge in [0, 0.05) is 31.5 Å². The molecule has 3 aromatic rings. The molecule has 2 amide bonds. The summed E-state index contributed by atoms with van der Waals surface area (Å²) in [5, 5.41) is 3.11. The molecule has 0 atom stereocenters. The number of aromatic nitrogens is 3. The van der Waals surface area contributed by atoms with Gasteiger partial charge in [0.2, 0.25) is 0 Å². The number of imidazole rings is 1. The molecule has 0 radical (unpaired) electrons. The van der Waals surface area contributed by atoms with Crippen molar-refractivity contribution in [2.75, 3.05) is 0 Å². The van der Waals surface area contributed by atoms with Gasteiger partial charge in [0.15, 0.2) is 0 Å². The van der Waals surface area contributed by atoms with Crippen molar-refractivity contribution in [3.63, 3.8) is 0 Å². The topological polar surface area (TPSA) is 73.9 Å². The maximum Gasteiger partial charge on any atom is 0.318 e. The molecule has 2 N–H and O–H groups in total. The predicted octanol–water partition coefficient (Wildman–Crippen LogP) is 4.00. The number of nitrogens with zero attached hydrogens (tertiary/aromatic N) is 3. The van der Waals surface area contributed by atoms with E-state index in [1.165, 1.54) is 19.3 Å². The maximum atomic E-state index is 13.0. The monoisotopic (exact) mass is 363 g/mol. The number of rotatable bonds is 5. The summed E-state index contributed by atoms with van der Waals surface area (Å²) in [6.45, 7) is 1.11. The van der Waals surface area contributed by atoms with Gasteiger partial charge in [-0.25, -0.2) is 9.78 Å². The van der Waals surface area contributed by atoms with Crippen LogP contribution in [0.5, 0.6) is 0 Å². The molecule has 140 valence electrons. The number of amides is 2. The standard InChI is InChI=1S/C21H25N5O/c27-21(23-13-16-8-9-19-20(11-16)25-15-24-19)26(18-6-2-1-3-7-18)14-17-5-4-10-22-12-17/h4-5,8-12,15,18H,1-3,6-7,13-14H2,(H,23,27)(H,24,25). The number of aromatic amines is 1. The van der Waals surface area contributed by atoms with E-state index >= 15 is 0 Å². The van der Waals surface area contributed by atoms with Crippen molar-refractivity contribution in [1.29, 1.82) is 0 Å². The quantitative estimate of drug-likeness (QED) is 0.719. The number of fused-ring (bicyclic) bond motifs is 1. The van der Waals surface area contributed by atoms with Gasteiger partial charge in [-0.1, -0.05) is 31.4 Å². The highest BCUT2D eigenvalue weighted by molar-refractivity contribution is 5.76. The third-order valence-electron chi connectivity index (χ3n) is 5.28. The Bertz CT molecular complexity index is 886. The second kappa shape index (κ2) is 8.20. The summed E-state index contributed by atoms with van der Waals surface area (Å²) in [7, 11) is 0. The molecule has 0 saturated heterocycles. The lowest BCUT2D eigenvalue weighted by Crippen LogP contribution is -2.46. The Hall–Kier alpha value is -2.89. The van der Waals surface area contributed by atoms with E-state index in [1.54, 1.807) is 12.5 Å². The van der Waals surface area contributed by atoms with Crippen LogP contribution in [0.1, 0.15) is 43.2 Å². The zero-order valence-electron chi connectivity index (χ0n) is 15.4. The SMILES string of the molecule is O=C(NCc1ccc2nc[nH]c2c1)N(Cc1cccnc1)C1CCCCC1. The van der Waals surface area contributed by atoms with Gasteiger partial charge in [-0.05, 0) is 42.2 Å². The number of benzene rings is 1. The third kappa shape index (κ3) is 4.27. The maximum absolute atomic E-state index is 13.0. The van der Waals surface area contributed by atoms with Crippen LogP contribution >= 0.6 is 0 Å². The summed E-state index contributed by atoms with van der Waals surface area (Å²) in [4.78, 5) is 26.5. The molecule has 1 saturated carbocycles. The molecule has 0 spiro atoms. The van der Waals surface area contributed by atoms with Gasteiger partial charge >= 0.3 is 6.03 Å². The van der Waals surface area contributed by atoms with Crippen molar-refractivity contribution >= 4 is 17.1 Å². The van der Waals surface area contributed by atoms with E-state index < -0.39 is 0 Å². The first-order valence-corrected chi connectivity index (χ1v) is 9.65. The molecular formula is C21H25N5O. The van der Waals surface area contributed by atoms with Gasteiger partial charge < -0.3 is 15.2 Å². The van der Waals surface area contributed by atoms with Crippen LogP contribution in [-0.4, -0.2) is 31.9 Å². The van der Waals surface area contributed by atoms with Crippen molar-refractivity contribution in [3.05, 3.63) is 60.2 Å². The second-order valence-corrected chi connectivity index (χ2v) is 7.19. The Morgan fingerprint density at radius 2 is 2.07 bits per heavy atom.